The number of nitrogens with one attached hydrogen (secondary N) is 1. The average Bonchev–Trinajstić information content (AvgIpc) is 2.34. The summed E-state index contributed by atoms with van der Waals surface area (Å²) in [6.45, 7) is 7.29. The van der Waals surface area contributed by atoms with Crippen molar-refractivity contribution in [2.24, 2.45) is 0 Å². The first-order chi connectivity index (χ1) is 9.06. The van der Waals surface area contributed by atoms with Crippen LogP contribution in [0.3, 0.4) is 0 Å². The summed E-state index contributed by atoms with van der Waals surface area (Å²) in [5.74, 6) is -0.103. The van der Waals surface area contributed by atoms with Crippen molar-refractivity contribution in [3.05, 3.63) is 23.8 Å². The van der Waals surface area contributed by atoms with Crippen LogP contribution in [0.5, 0.6) is 0 Å². The number of unbranched alkanes of at least 4 members (excludes halogenated alkanes) is 2. The number of carbonyl (C=O) groups excluding carboxylic acids is 1. The van der Waals surface area contributed by atoms with Gasteiger partial charge in [0.2, 0.25) is 5.91 Å². The van der Waals surface area contributed by atoms with Gasteiger partial charge in [0.25, 0.3) is 0 Å². The van der Waals surface area contributed by atoms with E-state index in [0.29, 0.717) is 20.0 Å². The van der Waals surface area contributed by atoms with Crippen molar-refractivity contribution in [3.8, 4) is 0 Å². The molecule has 1 amide bonds. The number of hydrogen-bond acceptors (Lipinski definition) is 3. The Labute approximate surface area is 115 Å². The molecule has 1 N–H and O–H groups in total. The highest BCUT2D eigenvalue weighted by Crippen LogP contribution is 2.11. The number of rotatable bonds is 6. The van der Waals surface area contributed by atoms with Crippen LogP contribution in [0.4, 0.5) is 0 Å². The van der Waals surface area contributed by atoms with Gasteiger partial charge in [0.15, 0.2) is 0 Å². The molecule has 1 heterocycles. The van der Waals surface area contributed by atoms with E-state index in [4.69, 9.17) is 9.47 Å². The molecule has 1 saturated heterocycles. The van der Waals surface area contributed by atoms with Crippen LogP contribution in [-0.2, 0) is 14.3 Å². The second-order valence-corrected chi connectivity index (χ2v) is 5.30. The minimum Gasteiger partial charge on any atom is -0.353 e. The van der Waals surface area contributed by atoms with Gasteiger partial charge in [-0.25, -0.2) is 0 Å². The molecule has 0 spiro atoms. The molecule has 19 heavy (non-hydrogen) atoms. The van der Waals surface area contributed by atoms with Crippen molar-refractivity contribution in [3.63, 3.8) is 0 Å². The van der Waals surface area contributed by atoms with Crippen LogP contribution in [0.15, 0.2) is 23.8 Å². The Hall–Kier alpha value is -1.13. The molecule has 0 aromatic rings. The quantitative estimate of drug-likeness (QED) is 0.457. The summed E-state index contributed by atoms with van der Waals surface area (Å²) in [6, 6.07) is 0. The number of amides is 1. The molecule has 4 nitrogen and oxygen atoms in total. The first kappa shape index (κ1) is 15.9. The Morgan fingerprint density at radius 3 is 2.68 bits per heavy atom. The Morgan fingerprint density at radius 2 is 2.05 bits per heavy atom. The van der Waals surface area contributed by atoms with Crippen molar-refractivity contribution in [2.45, 2.75) is 45.6 Å². The van der Waals surface area contributed by atoms with E-state index in [2.05, 4.69) is 18.3 Å². The molecule has 0 unspecified atom stereocenters. The molecule has 0 aromatic heterocycles. The van der Waals surface area contributed by atoms with Gasteiger partial charge in [0, 0.05) is 6.08 Å². The zero-order chi connectivity index (χ0) is 14.1. The van der Waals surface area contributed by atoms with Crippen molar-refractivity contribution in [2.75, 3.05) is 20.0 Å². The van der Waals surface area contributed by atoms with E-state index in [1.165, 1.54) is 12.8 Å². The summed E-state index contributed by atoms with van der Waals surface area (Å²) >= 11 is 0. The predicted octanol–water partition coefficient (Wildman–Crippen LogP) is 2.56. The van der Waals surface area contributed by atoms with Gasteiger partial charge in [0.1, 0.15) is 6.79 Å². The fourth-order valence-corrected chi connectivity index (χ4v) is 1.89. The van der Waals surface area contributed by atoms with Crippen LogP contribution < -0.4 is 5.32 Å². The lowest BCUT2D eigenvalue weighted by molar-refractivity contribution is -0.147. The molecule has 1 fully saturated rings. The van der Waals surface area contributed by atoms with E-state index in [1.807, 2.05) is 19.9 Å². The fourth-order valence-electron chi connectivity index (χ4n) is 1.89. The normalized spacial score (nSPS) is 19.6. The van der Waals surface area contributed by atoms with E-state index in [1.54, 1.807) is 6.08 Å². The number of ether oxygens (including phenoxy) is 2. The van der Waals surface area contributed by atoms with Crippen LogP contribution in [0.25, 0.3) is 0 Å². The maximum Gasteiger partial charge on any atom is 0.244 e. The van der Waals surface area contributed by atoms with Crippen molar-refractivity contribution in [1.29, 1.82) is 0 Å². The average molecular weight is 267 g/mol. The predicted molar refractivity (Wildman–Crippen MR) is 75.7 cm³/mol. The van der Waals surface area contributed by atoms with Crippen molar-refractivity contribution < 1.29 is 14.3 Å². The van der Waals surface area contributed by atoms with Gasteiger partial charge in [-0.2, -0.15) is 0 Å². The van der Waals surface area contributed by atoms with Crippen LogP contribution in [0.2, 0.25) is 0 Å². The van der Waals surface area contributed by atoms with Crippen molar-refractivity contribution in [1.82, 2.24) is 5.32 Å². The molecule has 1 aliphatic heterocycles. The molecule has 0 radical (unpaired) electrons. The Morgan fingerprint density at radius 1 is 1.37 bits per heavy atom. The van der Waals surface area contributed by atoms with Crippen LogP contribution in [-0.4, -0.2) is 31.5 Å². The van der Waals surface area contributed by atoms with Crippen LogP contribution >= 0.6 is 0 Å². The lowest BCUT2D eigenvalue weighted by Crippen LogP contribution is -2.55. The highest BCUT2D eigenvalue weighted by molar-refractivity contribution is 5.89. The smallest absolute Gasteiger partial charge is 0.244 e. The maximum atomic E-state index is 11.9. The lowest BCUT2D eigenvalue weighted by atomic mass is 10.0. The van der Waals surface area contributed by atoms with Gasteiger partial charge >= 0.3 is 0 Å². The Kier molecular flexibility index (Phi) is 6.81. The molecule has 0 aliphatic carbocycles. The second kappa shape index (κ2) is 8.12. The summed E-state index contributed by atoms with van der Waals surface area (Å²) < 4.78 is 10.4. The van der Waals surface area contributed by atoms with Gasteiger partial charge in [0.05, 0.1) is 18.8 Å². The minimum absolute atomic E-state index is 0.103. The summed E-state index contributed by atoms with van der Waals surface area (Å²) in [4.78, 5) is 11.9. The van der Waals surface area contributed by atoms with Crippen LogP contribution in [0.1, 0.15) is 40.0 Å². The van der Waals surface area contributed by atoms with Crippen molar-refractivity contribution >= 4 is 5.91 Å². The summed E-state index contributed by atoms with van der Waals surface area (Å²) in [7, 11) is 0. The van der Waals surface area contributed by atoms with Gasteiger partial charge in [-0.15, -0.1) is 0 Å². The Balaban J connectivity index is 2.42. The van der Waals surface area contributed by atoms with Gasteiger partial charge in [-0.1, -0.05) is 31.9 Å². The third-order valence-corrected chi connectivity index (χ3v) is 2.90. The molecule has 0 atom stereocenters. The third-order valence-electron chi connectivity index (χ3n) is 2.90. The highest BCUT2D eigenvalue weighted by Gasteiger charge is 2.29. The minimum atomic E-state index is -0.433. The number of carbonyl (C=O) groups is 1. The van der Waals surface area contributed by atoms with E-state index in [9.17, 15) is 4.79 Å². The monoisotopic (exact) mass is 267 g/mol. The van der Waals surface area contributed by atoms with E-state index < -0.39 is 5.54 Å². The number of allylic oxidation sites excluding steroid dienone is 3. The SMILES string of the molecule is CCCCC=CC(C)=CC(=O)NC1(C)COCOC1. The van der Waals surface area contributed by atoms with Gasteiger partial charge in [-0.05, 0) is 25.8 Å². The lowest BCUT2D eigenvalue weighted by Gasteiger charge is -2.33. The van der Waals surface area contributed by atoms with Gasteiger partial charge < -0.3 is 14.8 Å². The maximum absolute atomic E-state index is 11.9. The van der Waals surface area contributed by atoms with E-state index >= 15 is 0 Å². The second-order valence-electron chi connectivity index (χ2n) is 5.30. The third kappa shape index (κ3) is 6.55. The molecule has 0 bridgehead atoms. The molecule has 1 rings (SSSR count). The number of hydrogen-bond donors (Lipinski definition) is 1. The van der Waals surface area contributed by atoms with E-state index in [0.717, 1.165) is 12.0 Å². The zero-order valence-electron chi connectivity index (χ0n) is 12.2. The van der Waals surface area contributed by atoms with Crippen LogP contribution in [0, 0.1) is 0 Å². The standard InChI is InChI=1S/C15H25NO3/c1-4-5-6-7-8-13(2)9-14(17)16-15(3)10-18-12-19-11-15/h7-9H,4-6,10-12H2,1-3H3,(H,16,17). The first-order valence-corrected chi connectivity index (χ1v) is 6.88. The molecular formula is C15H25NO3. The highest BCUT2D eigenvalue weighted by atomic mass is 16.7. The largest absolute Gasteiger partial charge is 0.353 e. The zero-order valence-corrected chi connectivity index (χ0v) is 12.2. The topological polar surface area (TPSA) is 47.6 Å². The van der Waals surface area contributed by atoms with Gasteiger partial charge in [-0.3, -0.25) is 4.79 Å². The summed E-state index contributed by atoms with van der Waals surface area (Å²) in [5.41, 5.74) is 0.521. The fraction of sp³-hybridized carbons (Fsp3) is 0.667. The molecule has 0 saturated carbocycles. The molecule has 4 heteroatoms. The van der Waals surface area contributed by atoms with E-state index in [-0.39, 0.29) is 5.91 Å². The Bertz CT molecular complexity index is 341. The molecular weight excluding hydrogens is 242 g/mol. The first-order valence-electron chi connectivity index (χ1n) is 6.88. The summed E-state index contributed by atoms with van der Waals surface area (Å²) in [6.07, 6.45) is 9.14. The molecule has 108 valence electrons. The molecule has 1 aliphatic rings. The molecule has 0 aromatic carbocycles. The summed E-state index contributed by atoms with van der Waals surface area (Å²) in [5, 5.41) is 2.93.